The first-order valence-corrected chi connectivity index (χ1v) is 10.1. The van der Waals surface area contributed by atoms with E-state index < -0.39 is 5.66 Å². The molecule has 150 valence electrons. The number of hydrogen-bond donors (Lipinski definition) is 1. The van der Waals surface area contributed by atoms with Gasteiger partial charge in [0.2, 0.25) is 5.91 Å². The van der Waals surface area contributed by atoms with Gasteiger partial charge in [0.1, 0.15) is 18.0 Å². The molecule has 2 aromatic carbocycles. The summed E-state index contributed by atoms with van der Waals surface area (Å²) in [5, 5.41) is 3.32. The van der Waals surface area contributed by atoms with E-state index in [1.807, 2.05) is 24.3 Å². The monoisotopic (exact) mass is 388 g/mol. The maximum Gasteiger partial charge on any atom is 0.223 e. The van der Waals surface area contributed by atoms with E-state index in [1.165, 1.54) is 16.8 Å². The Morgan fingerprint density at radius 1 is 1.24 bits per heavy atom. The van der Waals surface area contributed by atoms with Gasteiger partial charge in [-0.05, 0) is 30.7 Å². The Bertz CT molecular complexity index is 992. The van der Waals surface area contributed by atoms with Crippen LogP contribution in [0.25, 0.3) is 6.08 Å². The van der Waals surface area contributed by atoms with E-state index >= 15 is 0 Å². The number of nitrogens with zero attached hydrogens (tertiary/aromatic N) is 1. The van der Waals surface area contributed by atoms with E-state index in [9.17, 15) is 4.79 Å². The van der Waals surface area contributed by atoms with Crippen molar-refractivity contribution in [2.75, 3.05) is 18.1 Å². The molecule has 2 aliphatic rings. The Kier molecular flexibility index (Phi) is 4.73. The molecule has 0 spiro atoms. The number of rotatable bonds is 5. The van der Waals surface area contributed by atoms with E-state index in [0.717, 1.165) is 11.3 Å². The van der Waals surface area contributed by atoms with Crippen molar-refractivity contribution in [1.29, 1.82) is 0 Å². The quantitative estimate of drug-likeness (QED) is 0.762. The summed E-state index contributed by atoms with van der Waals surface area (Å²) >= 11 is 0. The van der Waals surface area contributed by atoms with Gasteiger partial charge in [0, 0.05) is 29.6 Å². The average molecular weight is 389 g/mol. The molecule has 0 saturated carbocycles. The number of carbonyl (C=O) groups excluding carboxylic acids is 1. The number of benzene rings is 2. The lowest BCUT2D eigenvalue weighted by Crippen LogP contribution is -2.68. The van der Waals surface area contributed by atoms with Gasteiger partial charge in [0.15, 0.2) is 0 Å². The van der Waals surface area contributed by atoms with Crippen LogP contribution in [-0.2, 0) is 10.2 Å². The number of fused-ring (bicyclic) bond motifs is 3. The maximum absolute atomic E-state index is 12.5. The van der Waals surface area contributed by atoms with Crippen LogP contribution < -0.4 is 15.0 Å². The zero-order valence-electron chi connectivity index (χ0n) is 17.4. The molecule has 1 N–H and O–H groups in total. The Hall–Kier alpha value is -3.01. The van der Waals surface area contributed by atoms with Crippen molar-refractivity contribution in [3.8, 4) is 5.75 Å². The molecule has 2 aromatic rings. The lowest BCUT2D eigenvalue weighted by molar-refractivity contribution is -0.124. The molecule has 2 aliphatic heterocycles. The molecular weight excluding hydrogens is 360 g/mol. The Morgan fingerprint density at radius 2 is 2.03 bits per heavy atom. The predicted octanol–water partition coefficient (Wildman–Crippen LogP) is 4.59. The minimum absolute atomic E-state index is 0.0831. The first-order chi connectivity index (χ1) is 13.9. The van der Waals surface area contributed by atoms with E-state index in [-0.39, 0.29) is 11.3 Å². The first-order valence-electron chi connectivity index (χ1n) is 10.1. The second-order valence-electron chi connectivity index (χ2n) is 8.33. The largest absolute Gasteiger partial charge is 0.489 e. The molecule has 4 heteroatoms. The topological polar surface area (TPSA) is 41.6 Å². The SMILES string of the molecule is C=CCOc1ccccc1/C=C/[C@@]12NC(=O)CCN1c1ccc(C)cc1C2(C)C. The van der Waals surface area contributed by atoms with Crippen LogP contribution in [0.1, 0.15) is 37.0 Å². The summed E-state index contributed by atoms with van der Waals surface area (Å²) in [5.74, 6) is 0.887. The molecule has 1 atom stereocenters. The summed E-state index contributed by atoms with van der Waals surface area (Å²) in [6, 6.07) is 14.5. The third kappa shape index (κ3) is 3.03. The molecular formula is C25H28N2O2. The number of carbonyl (C=O) groups is 1. The van der Waals surface area contributed by atoms with Crippen LogP contribution in [0, 0.1) is 6.92 Å². The van der Waals surface area contributed by atoms with Gasteiger partial charge in [-0.25, -0.2) is 0 Å². The number of hydrogen-bond acceptors (Lipinski definition) is 3. The van der Waals surface area contributed by atoms with Gasteiger partial charge >= 0.3 is 0 Å². The molecule has 4 nitrogen and oxygen atoms in total. The van der Waals surface area contributed by atoms with E-state index in [1.54, 1.807) is 6.08 Å². The lowest BCUT2D eigenvalue weighted by Gasteiger charge is -2.49. The summed E-state index contributed by atoms with van der Waals surface area (Å²) in [6.07, 6.45) is 6.44. The molecule has 29 heavy (non-hydrogen) atoms. The number of anilines is 1. The standard InChI is InChI=1S/C25H28N2O2/c1-5-16-29-22-9-7-6-8-19(22)12-14-25-24(3,4)20-17-18(2)10-11-21(20)27(25)15-13-23(28)26-25/h5-12,14,17H,1,13,15-16H2,2-4H3,(H,26,28)/b14-12+/t25-/m1/s1. The van der Waals surface area contributed by atoms with Crippen molar-refractivity contribution >= 4 is 17.7 Å². The zero-order valence-corrected chi connectivity index (χ0v) is 17.4. The third-order valence-corrected chi connectivity index (χ3v) is 6.17. The highest BCUT2D eigenvalue weighted by Gasteiger charge is 2.57. The zero-order chi connectivity index (χ0) is 20.6. The number of para-hydroxylation sites is 1. The van der Waals surface area contributed by atoms with Crippen LogP contribution in [0.3, 0.4) is 0 Å². The third-order valence-electron chi connectivity index (χ3n) is 6.17. The van der Waals surface area contributed by atoms with Crippen molar-refractivity contribution in [2.45, 2.75) is 38.3 Å². The highest BCUT2D eigenvalue weighted by atomic mass is 16.5. The number of nitrogens with one attached hydrogen (secondary N) is 1. The molecule has 1 fully saturated rings. The second-order valence-corrected chi connectivity index (χ2v) is 8.33. The van der Waals surface area contributed by atoms with Gasteiger partial charge in [0.05, 0.1) is 0 Å². The number of aryl methyl sites for hydroxylation is 1. The van der Waals surface area contributed by atoms with Gasteiger partial charge in [-0.3, -0.25) is 4.79 Å². The van der Waals surface area contributed by atoms with Crippen LogP contribution in [0.4, 0.5) is 5.69 Å². The Morgan fingerprint density at radius 3 is 2.83 bits per heavy atom. The van der Waals surface area contributed by atoms with Crippen LogP contribution in [0.2, 0.25) is 0 Å². The second kappa shape index (κ2) is 7.11. The summed E-state index contributed by atoms with van der Waals surface area (Å²) in [6.45, 7) is 11.4. The number of ether oxygens (including phenoxy) is 1. The van der Waals surface area contributed by atoms with Crippen molar-refractivity contribution < 1.29 is 9.53 Å². The van der Waals surface area contributed by atoms with Crippen molar-refractivity contribution in [2.24, 2.45) is 0 Å². The van der Waals surface area contributed by atoms with E-state index in [2.05, 4.69) is 67.9 Å². The van der Waals surface area contributed by atoms with Crippen LogP contribution in [0.5, 0.6) is 5.75 Å². The summed E-state index contributed by atoms with van der Waals surface area (Å²) < 4.78 is 5.82. The van der Waals surface area contributed by atoms with Gasteiger partial charge in [-0.2, -0.15) is 0 Å². The van der Waals surface area contributed by atoms with Crippen molar-refractivity contribution in [1.82, 2.24) is 5.32 Å². The summed E-state index contributed by atoms with van der Waals surface area (Å²) in [5.41, 5.74) is 3.75. The highest BCUT2D eigenvalue weighted by molar-refractivity contribution is 5.85. The summed E-state index contributed by atoms with van der Waals surface area (Å²) in [4.78, 5) is 14.9. The molecule has 4 rings (SSSR count). The number of amides is 1. The molecule has 0 aliphatic carbocycles. The van der Waals surface area contributed by atoms with Crippen LogP contribution in [0.15, 0.2) is 61.2 Å². The molecule has 0 aromatic heterocycles. The Labute approximate surface area is 172 Å². The van der Waals surface area contributed by atoms with Crippen LogP contribution >= 0.6 is 0 Å². The molecule has 0 radical (unpaired) electrons. The smallest absolute Gasteiger partial charge is 0.223 e. The molecule has 2 heterocycles. The fourth-order valence-electron chi connectivity index (χ4n) is 4.58. The summed E-state index contributed by atoms with van der Waals surface area (Å²) in [7, 11) is 0. The van der Waals surface area contributed by atoms with Gasteiger partial charge < -0.3 is 15.0 Å². The average Bonchev–Trinajstić information content (AvgIpc) is 2.89. The normalized spacial score (nSPS) is 22.2. The Balaban J connectivity index is 1.81. The minimum atomic E-state index is -0.621. The molecule has 1 amide bonds. The lowest BCUT2D eigenvalue weighted by atomic mass is 9.74. The van der Waals surface area contributed by atoms with Gasteiger partial charge in [-0.15, -0.1) is 0 Å². The predicted molar refractivity (Wildman–Crippen MR) is 118 cm³/mol. The fourth-order valence-corrected chi connectivity index (χ4v) is 4.58. The van der Waals surface area contributed by atoms with E-state index in [0.29, 0.717) is 19.6 Å². The minimum Gasteiger partial charge on any atom is -0.489 e. The fraction of sp³-hybridized carbons (Fsp3) is 0.320. The van der Waals surface area contributed by atoms with Gasteiger partial charge in [0.25, 0.3) is 0 Å². The maximum atomic E-state index is 12.5. The van der Waals surface area contributed by atoms with E-state index in [4.69, 9.17) is 4.74 Å². The highest BCUT2D eigenvalue weighted by Crippen LogP contribution is 2.52. The molecule has 1 saturated heterocycles. The van der Waals surface area contributed by atoms with Crippen molar-refractivity contribution in [3.63, 3.8) is 0 Å². The molecule has 0 bridgehead atoms. The van der Waals surface area contributed by atoms with Gasteiger partial charge in [-0.1, -0.05) is 68.5 Å². The molecule has 0 unspecified atom stereocenters. The van der Waals surface area contributed by atoms with Crippen LogP contribution in [-0.4, -0.2) is 24.7 Å². The first kappa shape index (κ1) is 19.3. The van der Waals surface area contributed by atoms with Crippen molar-refractivity contribution in [3.05, 3.63) is 77.9 Å².